The van der Waals surface area contributed by atoms with Gasteiger partial charge in [0.2, 0.25) is 0 Å². The highest BCUT2D eigenvalue weighted by atomic mass is 32.2. The summed E-state index contributed by atoms with van der Waals surface area (Å²) in [6.45, 7) is 2.10. The summed E-state index contributed by atoms with van der Waals surface area (Å²) in [6.07, 6.45) is 1.91. The molecule has 7 nitrogen and oxygen atoms in total. The van der Waals surface area contributed by atoms with Crippen molar-refractivity contribution in [1.29, 1.82) is 0 Å². The molecule has 0 spiro atoms. The van der Waals surface area contributed by atoms with E-state index in [0.29, 0.717) is 5.75 Å². The van der Waals surface area contributed by atoms with Crippen molar-refractivity contribution in [2.75, 3.05) is 5.75 Å². The second-order valence-electron chi connectivity index (χ2n) is 4.62. The van der Waals surface area contributed by atoms with E-state index in [4.69, 9.17) is 0 Å². The van der Waals surface area contributed by atoms with Crippen molar-refractivity contribution in [3.8, 4) is 0 Å². The standard InChI is InChI=1S/C13H13N5O2S/c1-2-3-11-13-17(16-14-11)15-12(8-21-13)9-4-6-10(7-5-9)18(19)20/h4-7H,2-3,8H2,1H3. The van der Waals surface area contributed by atoms with E-state index in [1.165, 1.54) is 12.1 Å². The first-order valence-electron chi connectivity index (χ1n) is 6.59. The Kier molecular flexibility index (Phi) is 3.70. The topological polar surface area (TPSA) is 86.2 Å². The Bertz CT molecular complexity index is 708. The lowest BCUT2D eigenvalue weighted by Crippen LogP contribution is -2.14. The van der Waals surface area contributed by atoms with E-state index in [2.05, 4.69) is 22.3 Å². The largest absolute Gasteiger partial charge is 0.269 e. The maximum absolute atomic E-state index is 10.7. The van der Waals surface area contributed by atoms with Crippen LogP contribution in [0.2, 0.25) is 0 Å². The van der Waals surface area contributed by atoms with E-state index < -0.39 is 4.92 Å². The molecule has 1 aliphatic rings. The summed E-state index contributed by atoms with van der Waals surface area (Å²) in [5, 5.41) is 24.3. The van der Waals surface area contributed by atoms with Crippen LogP contribution in [0.15, 0.2) is 34.4 Å². The second kappa shape index (κ2) is 5.65. The molecule has 0 saturated heterocycles. The Morgan fingerprint density at radius 3 is 2.81 bits per heavy atom. The molecule has 0 atom stereocenters. The molecule has 0 bridgehead atoms. The Balaban J connectivity index is 1.89. The van der Waals surface area contributed by atoms with Gasteiger partial charge in [-0.3, -0.25) is 10.1 Å². The van der Waals surface area contributed by atoms with Gasteiger partial charge >= 0.3 is 0 Å². The van der Waals surface area contributed by atoms with Crippen LogP contribution in [0.3, 0.4) is 0 Å². The number of aromatic nitrogens is 3. The van der Waals surface area contributed by atoms with Crippen LogP contribution < -0.4 is 0 Å². The Morgan fingerprint density at radius 2 is 2.14 bits per heavy atom. The van der Waals surface area contributed by atoms with Gasteiger partial charge in [0.15, 0.2) is 0 Å². The Morgan fingerprint density at radius 1 is 1.38 bits per heavy atom. The SMILES string of the molecule is CCCc1nnn2c1SCC(c1ccc([N+](=O)[O-])cc1)=N2. The number of nitrogens with zero attached hydrogens (tertiary/aromatic N) is 5. The first-order chi connectivity index (χ1) is 10.2. The molecule has 0 amide bonds. The van der Waals surface area contributed by atoms with E-state index in [1.807, 2.05) is 0 Å². The van der Waals surface area contributed by atoms with Gasteiger partial charge in [-0.1, -0.05) is 25.1 Å². The molecular formula is C13H13N5O2S. The summed E-state index contributed by atoms with van der Waals surface area (Å²) >= 11 is 1.65. The molecule has 2 heterocycles. The van der Waals surface area contributed by atoms with Gasteiger partial charge in [-0.05, 0) is 29.3 Å². The van der Waals surface area contributed by atoms with Gasteiger partial charge in [0.25, 0.3) is 5.69 Å². The Labute approximate surface area is 125 Å². The van der Waals surface area contributed by atoms with Crippen LogP contribution in [0.1, 0.15) is 24.6 Å². The first-order valence-corrected chi connectivity index (χ1v) is 7.57. The smallest absolute Gasteiger partial charge is 0.258 e. The lowest BCUT2D eigenvalue weighted by Gasteiger charge is -2.12. The third kappa shape index (κ3) is 2.66. The Hall–Kier alpha value is -2.22. The molecule has 1 aromatic carbocycles. The van der Waals surface area contributed by atoms with Crippen LogP contribution in [0, 0.1) is 10.1 Å². The van der Waals surface area contributed by atoms with Gasteiger partial charge in [-0.15, -0.1) is 9.89 Å². The molecule has 0 fully saturated rings. The molecular weight excluding hydrogens is 290 g/mol. The zero-order chi connectivity index (χ0) is 14.8. The summed E-state index contributed by atoms with van der Waals surface area (Å²) in [5.74, 6) is 0.710. The zero-order valence-corrected chi connectivity index (χ0v) is 12.2. The number of aryl methyl sites for hydroxylation is 1. The lowest BCUT2D eigenvalue weighted by molar-refractivity contribution is -0.384. The molecule has 2 aromatic rings. The van der Waals surface area contributed by atoms with Crippen LogP contribution >= 0.6 is 11.8 Å². The number of benzene rings is 1. The van der Waals surface area contributed by atoms with Gasteiger partial charge in [0, 0.05) is 17.9 Å². The van der Waals surface area contributed by atoms with Gasteiger partial charge in [0.05, 0.1) is 16.3 Å². The molecule has 0 saturated carbocycles. The number of thioether (sulfide) groups is 1. The van der Waals surface area contributed by atoms with E-state index >= 15 is 0 Å². The molecule has 0 radical (unpaired) electrons. The maximum atomic E-state index is 10.7. The fraction of sp³-hybridized carbons (Fsp3) is 0.308. The van der Waals surface area contributed by atoms with E-state index in [1.54, 1.807) is 28.7 Å². The summed E-state index contributed by atoms with van der Waals surface area (Å²) in [7, 11) is 0. The summed E-state index contributed by atoms with van der Waals surface area (Å²) in [4.78, 5) is 11.8. The number of rotatable bonds is 4. The maximum Gasteiger partial charge on any atom is 0.269 e. The molecule has 108 valence electrons. The molecule has 1 aromatic heterocycles. The van der Waals surface area contributed by atoms with Crippen molar-refractivity contribution in [2.24, 2.45) is 5.10 Å². The normalized spacial score (nSPS) is 13.7. The number of non-ortho nitro benzene ring substituents is 1. The van der Waals surface area contributed by atoms with Gasteiger partial charge in [0.1, 0.15) is 5.03 Å². The lowest BCUT2D eigenvalue weighted by atomic mass is 10.1. The number of nitro groups is 1. The first kappa shape index (κ1) is 13.7. The number of hydrogen-bond acceptors (Lipinski definition) is 6. The molecule has 0 N–H and O–H groups in total. The summed E-state index contributed by atoms with van der Waals surface area (Å²) < 4.78 is 0. The minimum atomic E-state index is -0.409. The average molecular weight is 303 g/mol. The van der Waals surface area contributed by atoms with Gasteiger partial charge < -0.3 is 0 Å². The second-order valence-corrected chi connectivity index (χ2v) is 5.58. The minimum absolute atomic E-state index is 0.0782. The highest BCUT2D eigenvalue weighted by Crippen LogP contribution is 2.27. The highest BCUT2D eigenvalue weighted by molar-refractivity contribution is 8.00. The predicted molar refractivity (Wildman–Crippen MR) is 79.8 cm³/mol. The molecule has 0 unspecified atom stereocenters. The van der Waals surface area contributed by atoms with E-state index in [0.717, 1.165) is 34.8 Å². The quantitative estimate of drug-likeness (QED) is 0.640. The van der Waals surface area contributed by atoms with Crippen LogP contribution in [0.5, 0.6) is 0 Å². The molecule has 3 rings (SSSR count). The highest BCUT2D eigenvalue weighted by Gasteiger charge is 2.20. The van der Waals surface area contributed by atoms with Gasteiger partial charge in [-0.25, -0.2) is 0 Å². The van der Waals surface area contributed by atoms with Crippen LogP contribution in [-0.2, 0) is 6.42 Å². The molecule has 8 heteroatoms. The van der Waals surface area contributed by atoms with E-state index in [-0.39, 0.29) is 5.69 Å². The van der Waals surface area contributed by atoms with Crippen molar-refractivity contribution in [2.45, 2.75) is 24.8 Å². The minimum Gasteiger partial charge on any atom is -0.258 e. The van der Waals surface area contributed by atoms with Crippen molar-refractivity contribution >= 4 is 23.2 Å². The van der Waals surface area contributed by atoms with Gasteiger partial charge in [-0.2, -0.15) is 5.10 Å². The number of nitro benzene ring substituents is 1. The van der Waals surface area contributed by atoms with Crippen LogP contribution in [0.4, 0.5) is 5.69 Å². The van der Waals surface area contributed by atoms with Crippen molar-refractivity contribution in [1.82, 2.24) is 15.1 Å². The summed E-state index contributed by atoms with van der Waals surface area (Å²) in [5.41, 5.74) is 2.77. The monoisotopic (exact) mass is 303 g/mol. The fourth-order valence-electron chi connectivity index (χ4n) is 2.09. The van der Waals surface area contributed by atoms with Crippen molar-refractivity contribution < 1.29 is 4.92 Å². The molecule has 1 aliphatic heterocycles. The van der Waals surface area contributed by atoms with Crippen LogP contribution in [-0.4, -0.2) is 31.5 Å². The van der Waals surface area contributed by atoms with Crippen LogP contribution in [0.25, 0.3) is 0 Å². The van der Waals surface area contributed by atoms with Crippen molar-refractivity contribution in [3.63, 3.8) is 0 Å². The summed E-state index contributed by atoms with van der Waals surface area (Å²) in [6, 6.07) is 6.41. The average Bonchev–Trinajstić information content (AvgIpc) is 2.90. The number of hydrogen-bond donors (Lipinski definition) is 0. The third-order valence-electron chi connectivity index (χ3n) is 3.14. The third-order valence-corrected chi connectivity index (χ3v) is 4.23. The predicted octanol–water partition coefficient (Wildman–Crippen LogP) is 2.50. The zero-order valence-electron chi connectivity index (χ0n) is 11.4. The number of fused-ring (bicyclic) bond motifs is 1. The molecule has 0 aliphatic carbocycles. The van der Waals surface area contributed by atoms with Crippen molar-refractivity contribution in [3.05, 3.63) is 45.6 Å². The molecule has 21 heavy (non-hydrogen) atoms. The fourth-order valence-corrected chi connectivity index (χ4v) is 3.09. The van der Waals surface area contributed by atoms with E-state index in [9.17, 15) is 10.1 Å².